The van der Waals surface area contributed by atoms with Gasteiger partial charge in [-0.05, 0) is 23.8 Å². The molecule has 0 aromatic carbocycles. The van der Waals surface area contributed by atoms with Gasteiger partial charge in [-0.1, -0.05) is 0 Å². The second-order valence-electron chi connectivity index (χ2n) is 3.08. The zero-order valence-electron chi connectivity index (χ0n) is 7.87. The van der Waals surface area contributed by atoms with Crippen LogP contribution in [0.3, 0.4) is 0 Å². The van der Waals surface area contributed by atoms with Crippen molar-refractivity contribution in [2.45, 2.75) is 6.54 Å². The minimum Gasteiger partial charge on any atom is -0.477 e. The molecule has 2 aromatic heterocycles. The van der Waals surface area contributed by atoms with Crippen molar-refractivity contribution < 1.29 is 9.90 Å². The molecule has 0 radical (unpaired) electrons. The molecule has 5 nitrogen and oxygen atoms in total. The molecule has 0 aliphatic carbocycles. The molecule has 0 aliphatic rings. The molecule has 0 atom stereocenters. The van der Waals surface area contributed by atoms with E-state index in [1.807, 2.05) is 0 Å². The topological polar surface area (TPSA) is 68.0 Å². The third-order valence-corrected chi connectivity index (χ3v) is 2.05. The van der Waals surface area contributed by atoms with Gasteiger partial charge in [0.05, 0.1) is 6.20 Å². The monoisotopic (exact) mass is 203 g/mol. The van der Waals surface area contributed by atoms with Crippen LogP contribution in [0.4, 0.5) is 0 Å². The maximum atomic E-state index is 10.8. The Balaban J connectivity index is 2.25. The highest BCUT2D eigenvalue weighted by molar-refractivity contribution is 5.85. The lowest BCUT2D eigenvalue weighted by atomic mass is 10.3. The van der Waals surface area contributed by atoms with Gasteiger partial charge < -0.3 is 9.67 Å². The number of aromatic carboxylic acids is 1. The standard InChI is InChI=1S/C10H9N3O2/c14-10(15)9-2-1-5-13(9)7-8-3-4-11-12-6-8/h1-6H,7H2,(H,14,15). The van der Waals surface area contributed by atoms with Crippen molar-refractivity contribution in [3.8, 4) is 0 Å². The van der Waals surface area contributed by atoms with Crippen LogP contribution in [0.15, 0.2) is 36.8 Å². The average molecular weight is 203 g/mol. The molecule has 0 fully saturated rings. The smallest absolute Gasteiger partial charge is 0.352 e. The Labute approximate surface area is 86.0 Å². The van der Waals surface area contributed by atoms with Gasteiger partial charge in [0.1, 0.15) is 5.69 Å². The maximum Gasteiger partial charge on any atom is 0.352 e. The van der Waals surface area contributed by atoms with Gasteiger partial charge in [0.25, 0.3) is 0 Å². The molecule has 15 heavy (non-hydrogen) atoms. The van der Waals surface area contributed by atoms with Gasteiger partial charge in [0.15, 0.2) is 0 Å². The van der Waals surface area contributed by atoms with Gasteiger partial charge >= 0.3 is 5.97 Å². The molecule has 0 saturated heterocycles. The number of hydrogen-bond acceptors (Lipinski definition) is 3. The first kappa shape index (κ1) is 9.39. The number of rotatable bonds is 3. The molecule has 0 aliphatic heterocycles. The highest BCUT2D eigenvalue weighted by atomic mass is 16.4. The molecule has 0 unspecified atom stereocenters. The third kappa shape index (κ3) is 2.01. The third-order valence-electron chi connectivity index (χ3n) is 2.05. The van der Waals surface area contributed by atoms with Gasteiger partial charge in [-0.3, -0.25) is 0 Å². The fourth-order valence-electron chi connectivity index (χ4n) is 1.35. The Kier molecular flexibility index (Phi) is 2.45. The van der Waals surface area contributed by atoms with E-state index >= 15 is 0 Å². The molecule has 5 heteroatoms. The summed E-state index contributed by atoms with van der Waals surface area (Å²) in [7, 11) is 0. The summed E-state index contributed by atoms with van der Waals surface area (Å²) in [5.74, 6) is -0.929. The summed E-state index contributed by atoms with van der Waals surface area (Å²) < 4.78 is 1.65. The Hall–Kier alpha value is -2.17. The lowest BCUT2D eigenvalue weighted by Crippen LogP contribution is -2.08. The van der Waals surface area contributed by atoms with Crippen LogP contribution in [0, 0.1) is 0 Å². The molecule has 0 saturated carbocycles. The molecule has 0 bridgehead atoms. The van der Waals surface area contributed by atoms with Crippen LogP contribution < -0.4 is 0 Å². The van der Waals surface area contributed by atoms with Gasteiger partial charge in [0, 0.05) is 18.9 Å². The van der Waals surface area contributed by atoms with E-state index in [1.165, 1.54) is 0 Å². The van der Waals surface area contributed by atoms with Crippen molar-refractivity contribution in [1.82, 2.24) is 14.8 Å². The van der Waals surface area contributed by atoms with Crippen LogP contribution in [0.1, 0.15) is 16.1 Å². The molecule has 2 heterocycles. The van der Waals surface area contributed by atoms with Crippen LogP contribution in [-0.4, -0.2) is 25.8 Å². The van der Waals surface area contributed by atoms with Crippen molar-refractivity contribution in [2.24, 2.45) is 0 Å². The first-order chi connectivity index (χ1) is 7.27. The summed E-state index contributed by atoms with van der Waals surface area (Å²) in [5.41, 5.74) is 1.19. The lowest BCUT2D eigenvalue weighted by Gasteiger charge is -2.04. The van der Waals surface area contributed by atoms with Crippen molar-refractivity contribution in [1.29, 1.82) is 0 Å². The predicted octanol–water partition coefficient (Wildman–Crippen LogP) is 1.02. The molecule has 2 rings (SSSR count). The lowest BCUT2D eigenvalue weighted by molar-refractivity contribution is 0.0685. The van der Waals surface area contributed by atoms with E-state index in [2.05, 4.69) is 10.2 Å². The predicted molar refractivity (Wildman–Crippen MR) is 52.5 cm³/mol. The highest BCUT2D eigenvalue weighted by Gasteiger charge is 2.08. The average Bonchev–Trinajstić information content (AvgIpc) is 2.67. The summed E-state index contributed by atoms with van der Waals surface area (Å²) in [4.78, 5) is 10.8. The van der Waals surface area contributed by atoms with Crippen LogP contribution in [0.2, 0.25) is 0 Å². The van der Waals surface area contributed by atoms with Gasteiger partial charge in [-0.15, -0.1) is 0 Å². The van der Waals surface area contributed by atoms with Crippen LogP contribution in [0.5, 0.6) is 0 Å². The Morgan fingerprint density at radius 2 is 2.27 bits per heavy atom. The van der Waals surface area contributed by atoms with E-state index in [0.29, 0.717) is 6.54 Å². The van der Waals surface area contributed by atoms with E-state index < -0.39 is 5.97 Å². The molecule has 1 N–H and O–H groups in total. The normalized spacial score (nSPS) is 10.1. The number of carboxylic acid groups (broad SMARTS) is 1. The zero-order chi connectivity index (χ0) is 10.7. The maximum absolute atomic E-state index is 10.8. The Morgan fingerprint density at radius 1 is 1.40 bits per heavy atom. The quantitative estimate of drug-likeness (QED) is 0.808. The minimum absolute atomic E-state index is 0.270. The van der Waals surface area contributed by atoms with Crippen LogP contribution >= 0.6 is 0 Å². The van der Waals surface area contributed by atoms with Gasteiger partial charge in [-0.25, -0.2) is 4.79 Å². The van der Waals surface area contributed by atoms with Gasteiger partial charge in [0.2, 0.25) is 0 Å². The summed E-state index contributed by atoms with van der Waals surface area (Å²) in [6.45, 7) is 0.490. The molecule has 0 spiro atoms. The van der Waals surface area contributed by atoms with Crippen molar-refractivity contribution in [2.75, 3.05) is 0 Å². The van der Waals surface area contributed by atoms with Crippen LogP contribution in [0.25, 0.3) is 0 Å². The number of aromatic nitrogens is 3. The molecule has 76 valence electrons. The number of carboxylic acids is 1. The summed E-state index contributed by atoms with van der Waals surface area (Å²) in [6.07, 6.45) is 4.93. The summed E-state index contributed by atoms with van der Waals surface area (Å²) in [6, 6.07) is 5.08. The Morgan fingerprint density at radius 3 is 2.93 bits per heavy atom. The first-order valence-electron chi connectivity index (χ1n) is 4.41. The second kappa shape index (κ2) is 3.91. The number of carbonyl (C=O) groups is 1. The van der Waals surface area contributed by atoms with E-state index in [-0.39, 0.29) is 5.69 Å². The fraction of sp³-hybridized carbons (Fsp3) is 0.100. The van der Waals surface area contributed by atoms with Crippen molar-refractivity contribution in [3.05, 3.63) is 48.0 Å². The zero-order valence-corrected chi connectivity index (χ0v) is 7.87. The molecule has 2 aromatic rings. The van der Waals surface area contributed by atoms with Crippen molar-refractivity contribution in [3.63, 3.8) is 0 Å². The van der Waals surface area contributed by atoms with E-state index in [1.54, 1.807) is 41.4 Å². The van der Waals surface area contributed by atoms with Crippen molar-refractivity contribution >= 4 is 5.97 Å². The summed E-state index contributed by atoms with van der Waals surface area (Å²) in [5, 5.41) is 16.3. The van der Waals surface area contributed by atoms with E-state index in [9.17, 15) is 4.79 Å². The first-order valence-corrected chi connectivity index (χ1v) is 4.41. The van der Waals surface area contributed by atoms with E-state index in [0.717, 1.165) is 5.56 Å². The Bertz CT molecular complexity index is 465. The van der Waals surface area contributed by atoms with Crippen LogP contribution in [-0.2, 0) is 6.54 Å². The van der Waals surface area contributed by atoms with E-state index in [4.69, 9.17) is 5.11 Å². The SMILES string of the molecule is O=C(O)c1cccn1Cc1ccnnc1. The van der Waals surface area contributed by atoms with Gasteiger partial charge in [-0.2, -0.15) is 10.2 Å². The highest BCUT2D eigenvalue weighted by Crippen LogP contribution is 2.06. The number of hydrogen-bond donors (Lipinski definition) is 1. The minimum atomic E-state index is -0.929. The molecular formula is C10H9N3O2. The summed E-state index contributed by atoms with van der Waals surface area (Å²) >= 11 is 0. The molecular weight excluding hydrogens is 194 g/mol. The largest absolute Gasteiger partial charge is 0.477 e. The molecule has 0 amide bonds. The second-order valence-corrected chi connectivity index (χ2v) is 3.08. The fourth-order valence-corrected chi connectivity index (χ4v) is 1.35. The number of nitrogens with zero attached hydrogens (tertiary/aromatic N) is 3.